The lowest BCUT2D eigenvalue weighted by molar-refractivity contribution is 0.102. The number of nitrogens with zero attached hydrogens (tertiary/aromatic N) is 3. The Morgan fingerprint density at radius 2 is 2.12 bits per heavy atom. The van der Waals surface area contributed by atoms with Crippen LogP contribution in [0.15, 0.2) is 36.9 Å². The summed E-state index contributed by atoms with van der Waals surface area (Å²) in [6.07, 6.45) is 5.94. The first kappa shape index (κ1) is 11.0. The molecule has 1 amide bonds. The number of nitrogen functional groups attached to an aromatic ring is 1. The monoisotopic (exact) mass is 230 g/mol. The standard InChI is InChI=1S/C10H10N6O/c11-16-7-1-2-13-8(5-7)10(17)15-9-6-12-3-4-14-9/h1-6H,11H2,(H,13,16)(H,14,15,17). The zero-order valence-electron chi connectivity index (χ0n) is 8.79. The molecule has 0 aliphatic heterocycles. The van der Waals surface area contributed by atoms with Gasteiger partial charge in [0.15, 0.2) is 5.82 Å². The second-order valence-corrected chi connectivity index (χ2v) is 3.12. The van der Waals surface area contributed by atoms with Crippen LogP contribution >= 0.6 is 0 Å². The number of pyridine rings is 1. The van der Waals surface area contributed by atoms with Gasteiger partial charge in [0.1, 0.15) is 5.69 Å². The van der Waals surface area contributed by atoms with Crippen molar-refractivity contribution in [3.8, 4) is 0 Å². The van der Waals surface area contributed by atoms with E-state index in [1.807, 2.05) is 0 Å². The van der Waals surface area contributed by atoms with E-state index in [1.165, 1.54) is 30.9 Å². The van der Waals surface area contributed by atoms with Crippen molar-refractivity contribution in [2.45, 2.75) is 0 Å². The Balaban J connectivity index is 2.14. The van der Waals surface area contributed by atoms with E-state index in [4.69, 9.17) is 5.84 Å². The van der Waals surface area contributed by atoms with Crippen LogP contribution in [0.25, 0.3) is 0 Å². The summed E-state index contributed by atoms with van der Waals surface area (Å²) in [5.74, 6) is 5.23. The van der Waals surface area contributed by atoms with E-state index in [2.05, 4.69) is 25.7 Å². The van der Waals surface area contributed by atoms with Crippen LogP contribution in [0.2, 0.25) is 0 Å². The maximum absolute atomic E-state index is 11.8. The summed E-state index contributed by atoms with van der Waals surface area (Å²) in [5, 5.41) is 2.57. The molecule has 0 unspecified atom stereocenters. The molecule has 0 aromatic carbocycles. The molecule has 2 aromatic rings. The summed E-state index contributed by atoms with van der Waals surface area (Å²) >= 11 is 0. The summed E-state index contributed by atoms with van der Waals surface area (Å²) in [4.78, 5) is 23.5. The highest BCUT2D eigenvalue weighted by molar-refractivity contribution is 6.02. The third-order valence-corrected chi connectivity index (χ3v) is 1.96. The lowest BCUT2D eigenvalue weighted by Crippen LogP contribution is -2.15. The average Bonchev–Trinajstić information content (AvgIpc) is 2.40. The van der Waals surface area contributed by atoms with Crippen LogP contribution < -0.4 is 16.6 Å². The Bertz CT molecular complexity index is 515. The molecule has 0 aliphatic carbocycles. The van der Waals surface area contributed by atoms with Gasteiger partial charge in [-0.15, -0.1) is 0 Å². The van der Waals surface area contributed by atoms with E-state index in [-0.39, 0.29) is 11.6 Å². The molecule has 0 saturated heterocycles. The first-order valence-electron chi connectivity index (χ1n) is 4.79. The molecule has 0 radical (unpaired) electrons. The molecular formula is C10H10N6O. The fourth-order valence-corrected chi connectivity index (χ4v) is 1.19. The van der Waals surface area contributed by atoms with Crippen molar-refractivity contribution >= 4 is 17.4 Å². The SMILES string of the molecule is NNc1ccnc(C(=O)Nc2cnccn2)c1. The molecule has 7 nitrogen and oxygen atoms in total. The van der Waals surface area contributed by atoms with Gasteiger partial charge in [0, 0.05) is 18.6 Å². The Labute approximate surface area is 97.1 Å². The average molecular weight is 230 g/mol. The Morgan fingerprint density at radius 1 is 1.24 bits per heavy atom. The van der Waals surface area contributed by atoms with Gasteiger partial charge in [-0.2, -0.15) is 0 Å². The van der Waals surface area contributed by atoms with Crippen LogP contribution in [0.4, 0.5) is 11.5 Å². The first-order chi connectivity index (χ1) is 8.29. The second-order valence-electron chi connectivity index (χ2n) is 3.12. The predicted molar refractivity (Wildman–Crippen MR) is 62.0 cm³/mol. The second kappa shape index (κ2) is 4.99. The summed E-state index contributed by atoms with van der Waals surface area (Å²) < 4.78 is 0. The number of amides is 1. The quantitative estimate of drug-likeness (QED) is 0.521. The van der Waals surface area contributed by atoms with Gasteiger partial charge in [-0.3, -0.25) is 20.6 Å². The van der Waals surface area contributed by atoms with Crippen LogP contribution in [0.1, 0.15) is 10.5 Å². The summed E-state index contributed by atoms with van der Waals surface area (Å²) in [6, 6.07) is 3.19. The number of hydrogen-bond acceptors (Lipinski definition) is 6. The molecule has 17 heavy (non-hydrogen) atoms. The van der Waals surface area contributed by atoms with Crippen molar-refractivity contribution in [2.24, 2.45) is 5.84 Å². The molecular weight excluding hydrogens is 220 g/mol. The number of nitrogens with two attached hydrogens (primary N) is 1. The summed E-state index contributed by atoms with van der Waals surface area (Å²) in [5.41, 5.74) is 3.28. The zero-order chi connectivity index (χ0) is 12.1. The number of hydrogen-bond donors (Lipinski definition) is 3. The minimum atomic E-state index is -0.373. The largest absolute Gasteiger partial charge is 0.324 e. The van der Waals surface area contributed by atoms with E-state index in [0.29, 0.717) is 11.5 Å². The number of hydrazine groups is 1. The van der Waals surface area contributed by atoms with Crippen molar-refractivity contribution in [1.29, 1.82) is 0 Å². The van der Waals surface area contributed by atoms with Crippen LogP contribution in [-0.4, -0.2) is 20.9 Å². The zero-order valence-corrected chi connectivity index (χ0v) is 8.79. The fourth-order valence-electron chi connectivity index (χ4n) is 1.19. The van der Waals surface area contributed by atoms with Crippen LogP contribution in [0.5, 0.6) is 0 Å². The number of nitrogens with one attached hydrogen (secondary N) is 2. The minimum absolute atomic E-state index is 0.242. The van der Waals surface area contributed by atoms with Gasteiger partial charge in [-0.25, -0.2) is 4.98 Å². The van der Waals surface area contributed by atoms with Crippen LogP contribution in [0, 0.1) is 0 Å². The van der Waals surface area contributed by atoms with E-state index in [0.717, 1.165) is 0 Å². The number of anilines is 2. The lowest BCUT2D eigenvalue weighted by atomic mass is 10.3. The van der Waals surface area contributed by atoms with Crippen molar-refractivity contribution in [1.82, 2.24) is 15.0 Å². The highest BCUT2D eigenvalue weighted by Crippen LogP contribution is 2.08. The first-order valence-corrected chi connectivity index (χ1v) is 4.79. The van der Waals surface area contributed by atoms with Crippen molar-refractivity contribution in [3.05, 3.63) is 42.6 Å². The molecule has 0 atom stereocenters. The van der Waals surface area contributed by atoms with Gasteiger partial charge in [0.05, 0.1) is 11.9 Å². The Hall–Kier alpha value is -2.54. The molecule has 0 aliphatic rings. The van der Waals surface area contributed by atoms with Crippen molar-refractivity contribution < 1.29 is 4.79 Å². The van der Waals surface area contributed by atoms with E-state index in [9.17, 15) is 4.79 Å². The number of aromatic nitrogens is 3. The third kappa shape index (κ3) is 2.73. The summed E-state index contributed by atoms with van der Waals surface area (Å²) in [7, 11) is 0. The number of carbonyl (C=O) groups is 1. The Kier molecular flexibility index (Phi) is 3.22. The molecule has 4 N–H and O–H groups in total. The molecule has 7 heteroatoms. The normalized spacial score (nSPS) is 9.71. The smallest absolute Gasteiger partial charge is 0.275 e. The number of rotatable bonds is 3. The summed E-state index contributed by atoms with van der Waals surface area (Å²) in [6.45, 7) is 0. The molecule has 0 bridgehead atoms. The van der Waals surface area contributed by atoms with E-state index >= 15 is 0 Å². The topological polar surface area (TPSA) is 106 Å². The Morgan fingerprint density at radius 3 is 2.82 bits per heavy atom. The van der Waals surface area contributed by atoms with Crippen molar-refractivity contribution in [3.63, 3.8) is 0 Å². The number of carbonyl (C=O) groups excluding carboxylic acids is 1. The molecule has 0 fully saturated rings. The molecule has 2 rings (SSSR count). The van der Waals surface area contributed by atoms with E-state index in [1.54, 1.807) is 6.07 Å². The maximum atomic E-state index is 11.8. The molecule has 0 saturated carbocycles. The van der Waals surface area contributed by atoms with Gasteiger partial charge in [0.2, 0.25) is 0 Å². The van der Waals surface area contributed by atoms with Gasteiger partial charge >= 0.3 is 0 Å². The van der Waals surface area contributed by atoms with Crippen LogP contribution in [-0.2, 0) is 0 Å². The van der Waals surface area contributed by atoms with Gasteiger partial charge in [-0.05, 0) is 12.1 Å². The highest BCUT2D eigenvalue weighted by Gasteiger charge is 2.08. The van der Waals surface area contributed by atoms with Gasteiger partial charge < -0.3 is 10.7 Å². The molecule has 86 valence electrons. The van der Waals surface area contributed by atoms with Gasteiger partial charge in [0.25, 0.3) is 5.91 Å². The third-order valence-electron chi connectivity index (χ3n) is 1.96. The predicted octanol–water partition coefficient (Wildman–Crippen LogP) is 0.409. The van der Waals surface area contributed by atoms with Crippen LogP contribution in [0.3, 0.4) is 0 Å². The van der Waals surface area contributed by atoms with E-state index < -0.39 is 0 Å². The fraction of sp³-hybridized carbons (Fsp3) is 0. The molecule has 2 aromatic heterocycles. The molecule has 2 heterocycles. The highest BCUT2D eigenvalue weighted by atomic mass is 16.1. The minimum Gasteiger partial charge on any atom is -0.324 e. The lowest BCUT2D eigenvalue weighted by Gasteiger charge is -2.04. The molecule has 0 spiro atoms. The van der Waals surface area contributed by atoms with Crippen molar-refractivity contribution in [2.75, 3.05) is 10.7 Å². The van der Waals surface area contributed by atoms with Gasteiger partial charge in [-0.1, -0.05) is 0 Å². The maximum Gasteiger partial charge on any atom is 0.275 e.